The van der Waals surface area contributed by atoms with Gasteiger partial charge in [0.15, 0.2) is 0 Å². The predicted molar refractivity (Wildman–Crippen MR) is 72.8 cm³/mol. The van der Waals surface area contributed by atoms with Gasteiger partial charge in [0.05, 0.1) is 5.69 Å². The lowest BCUT2D eigenvalue weighted by Crippen LogP contribution is -2.24. The van der Waals surface area contributed by atoms with Crippen LogP contribution in [0.2, 0.25) is 0 Å². The van der Waals surface area contributed by atoms with Crippen molar-refractivity contribution in [2.45, 2.75) is 18.2 Å². The van der Waals surface area contributed by atoms with Gasteiger partial charge in [0.1, 0.15) is 4.90 Å². The minimum atomic E-state index is -3.75. The second kappa shape index (κ2) is 4.44. The van der Waals surface area contributed by atoms with E-state index in [1.165, 1.54) is 12.5 Å². The van der Waals surface area contributed by atoms with Crippen molar-refractivity contribution in [3.63, 3.8) is 0 Å². The van der Waals surface area contributed by atoms with E-state index < -0.39 is 10.0 Å². The summed E-state index contributed by atoms with van der Waals surface area (Å²) in [4.78, 5) is 2.03. The summed E-state index contributed by atoms with van der Waals surface area (Å²) in [6.07, 6.45) is 1.20. The molecule has 0 amide bonds. The van der Waals surface area contributed by atoms with E-state index in [0.717, 1.165) is 12.5 Å². The topological polar surface area (TPSA) is 89.4 Å². The van der Waals surface area contributed by atoms with E-state index in [0.29, 0.717) is 17.3 Å². The minimum absolute atomic E-state index is 0.0957. The molecule has 1 aromatic rings. The molecule has 2 unspecified atom stereocenters. The van der Waals surface area contributed by atoms with Crippen molar-refractivity contribution < 1.29 is 8.42 Å². The summed E-state index contributed by atoms with van der Waals surface area (Å²) in [5.74, 6) is 1.36. The minimum Gasteiger partial charge on any atom is -0.399 e. The normalized spacial score (nSPS) is 22.8. The van der Waals surface area contributed by atoms with Crippen LogP contribution in [-0.4, -0.2) is 22.0 Å². The van der Waals surface area contributed by atoms with Gasteiger partial charge >= 0.3 is 0 Å². The van der Waals surface area contributed by atoms with Crippen molar-refractivity contribution >= 4 is 21.4 Å². The monoisotopic (exact) mass is 269 g/mol. The van der Waals surface area contributed by atoms with E-state index in [1.54, 1.807) is 12.1 Å². The summed E-state index contributed by atoms with van der Waals surface area (Å²) in [5.41, 5.74) is 6.64. The predicted octanol–water partition coefficient (Wildman–Crippen LogP) is 1.01. The number of rotatable bonds is 4. The maximum absolute atomic E-state index is 11.6. The van der Waals surface area contributed by atoms with Crippen LogP contribution in [0, 0.1) is 11.8 Å². The van der Waals surface area contributed by atoms with Crippen LogP contribution in [0.4, 0.5) is 11.4 Å². The lowest BCUT2D eigenvalue weighted by molar-refractivity contribution is 0.597. The van der Waals surface area contributed by atoms with Crippen LogP contribution in [0.15, 0.2) is 23.1 Å². The molecule has 4 N–H and O–H groups in total. The molecule has 2 atom stereocenters. The molecule has 2 rings (SSSR count). The van der Waals surface area contributed by atoms with Gasteiger partial charge in [-0.2, -0.15) is 0 Å². The number of sulfonamides is 1. The molecule has 5 nitrogen and oxygen atoms in total. The number of primary sulfonamides is 1. The van der Waals surface area contributed by atoms with Crippen molar-refractivity contribution in [2.24, 2.45) is 17.0 Å². The van der Waals surface area contributed by atoms with E-state index in [4.69, 9.17) is 10.9 Å². The number of hydrogen-bond acceptors (Lipinski definition) is 4. The third kappa shape index (κ3) is 2.76. The molecular weight excluding hydrogens is 250 g/mol. The molecule has 0 spiro atoms. The quantitative estimate of drug-likeness (QED) is 0.798. The number of benzene rings is 1. The zero-order valence-electron chi connectivity index (χ0n) is 10.6. The van der Waals surface area contributed by atoms with Crippen LogP contribution in [0.3, 0.4) is 0 Å². The molecule has 1 aliphatic carbocycles. The van der Waals surface area contributed by atoms with E-state index in [9.17, 15) is 8.42 Å². The number of nitrogens with two attached hydrogens (primary N) is 2. The molecule has 0 heterocycles. The molecule has 100 valence electrons. The highest BCUT2D eigenvalue weighted by Gasteiger charge is 2.33. The van der Waals surface area contributed by atoms with Crippen LogP contribution in [0.5, 0.6) is 0 Å². The lowest BCUT2D eigenvalue weighted by atomic mass is 10.2. The maximum Gasteiger partial charge on any atom is 0.240 e. The molecule has 0 bridgehead atoms. The summed E-state index contributed by atoms with van der Waals surface area (Å²) in [6, 6.07) is 4.82. The summed E-state index contributed by atoms with van der Waals surface area (Å²) in [6.45, 7) is 3.04. The average molecular weight is 269 g/mol. The number of hydrogen-bond donors (Lipinski definition) is 2. The fourth-order valence-electron chi connectivity index (χ4n) is 2.18. The van der Waals surface area contributed by atoms with Gasteiger partial charge in [0.25, 0.3) is 0 Å². The van der Waals surface area contributed by atoms with Gasteiger partial charge in [-0.3, -0.25) is 0 Å². The molecule has 0 aliphatic heterocycles. The van der Waals surface area contributed by atoms with Crippen molar-refractivity contribution in [2.75, 3.05) is 24.2 Å². The van der Waals surface area contributed by atoms with Crippen molar-refractivity contribution in [1.29, 1.82) is 0 Å². The first-order valence-corrected chi connectivity index (χ1v) is 7.47. The standard InChI is InChI=1S/C12H19N3O2S/c1-8-5-9(8)7-15(2)11-4-3-10(13)6-12(11)18(14,16)17/h3-4,6,8-9H,5,7,13H2,1-2H3,(H2,14,16,17). The summed E-state index contributed by atoms with van der Waals surface area (Å²) >= 11 is 0. The molecule has 0 saturated heterocycles. The van der Waals surface area contributed by atoms with Crippen molar-refractivity contribution in [3.8, 4) is 0 Å². The smallest absolute Gasteiger partial charge is 0.240 e. The maximum atomic E-state index is 11.6. The number of anilines is 2. The van der Waals surface area contributed by atoms with Gasteiger partial charge in [-0.25, -0.2) is 13.6 Å². The average Bonchev–Trinajstić information content (AvgIpc) is 2.92. The van der Waals surface area contributed by atoms with E-state index in [1.807, 2.05) is 11.9 Å². The zero-order chi connectivity index (χ0) is 13.5. The molecular formula is C12H19N3O2S. The molecule has 0 radical (unpaired) electrons. The van der Waals surface area contributed by atoms with Crippen LogP contribution in [0.1, 0.15) is 13.3 Å². The van der Waals surface area contributed by atoms with Crippen LogP contribution >= 0.6 is 0 Å². The molecule has 1 aromatic carbocycles. The second-order valence-electron chi connectivity index (χ2n) is 5.13. The number of nitrogens with zero attached hydrogens (tertiary/aromatic N) is 1. The first-order valence-electron chi connectivity index (χ1n) is 5.92. The van der Waals surface area contributed by atoms with Crippen molar-refractivity contribution in [3.05, 3.63) is 18.2 Å². The number of nitrogen functional groups attached to an aromatic ring is 1. The third-order valence-corrected chi connectivity index (χ3v) is 4.43. The van der Waals surface area contributed by atoms with Gasteiger partial charge in [0.2, 0.25) is 10.0 Å². The van der Waals surface area contributed by atoms with Gasteiger partial charge in [-0.05, 0) is 36.5 Å². The van der Waals surface area contributed by atoms with Gasteiger partial charge in [0, 0.05) is 19.3 Å². The summed E-state index contributed by atoms with van der Waals surface area (Å²) < 4.78 is 23.1. The van der Waals surface area contributed by atoms with E-state index in [2.05, 4.69) is 6.92 Å². The Kier molecular flexibility index (Phi) is 3.25. The molecule has 1 fully saturated rings. The highest BCUT2D eigenvalue weighted by molar-refractivity contribution is 7.89. The Morgan fingerprint density at radius 2 is 2.06 bits per heavy atom. The first kappa shape index (κ1) is 13.2. The van der Waals surface area contributed by atoms with Gasteiger partial charge in [-0.15, -0.1) is 0 Å². The first-order chi connectivity index (χ1) is 8.29. The second-order valence-corrected chi connectivity index (χ2v) is 6.66. The highest BCUT2D eigenvalue weighted by Crippen LogP contribution is 2.39. The van der Waals surface area contributed by atoms with Crippen LogP contribution in [0.25, 0.3) is 0 Å². The molecule has 0 aromatic heterocycles. The Bertz CT molecular complexity index is 556. The fourth-order valence-corrected chi connectivity index (χ4v) is 2.99. The van der Waals surface area contributed by atoms with E-state index >= 15 is 0 Å². The Morgan fingerprint density at radius 3 is 2.56 bits per heavy atom. The molecule has 18 heavy (non-hydrogen) atoms. The SMILES string of the molecule is CC1CC1CN(C)c1ccc(N)cc1S(N)(=O)=O. The molecule has 1 saturated carbocycles. The van der Waals surface area contributed by atoms with Crippen LogP contribution < -0.4 is 15.8 Å². The summed E-state index contributed by atoms with van der Waals surface area (Å²) in [7, 11) is -1.87. The van der Waals surface area contributed by atoms with E-state index in [-0.39, 0.29) is 4.90 Å². The largest absolute Gasteiger partial charge is 0.399 e. The van der Waals surface area contributed by atoms with Crippen LogP contribution in [-0.2, 0) is 10.0 Å². The van der Waals surface area contributed by atoms with Gasteiger partial charge in [-0.1, -0.05) is 6.92 Å². The fraction of sp³-hybridized carbons (Fsp3) is 0.500. The molecule has 6 heteroatoms. The Morgan fingerprint density at radius 1 is 1.44 bits per heavy atom. The lowest BCUT2D eigenvalue weighted by Gasteiger charge is -2.22. The zero-order valence-corrected chi connectivity index (χ0v) is 11.4. The van der Waals surface area contributed by atoms with Crippen molar-refractivity contribution in [1.82, 2.24) is 0 Å². The van der Waals surface area contributed by atoms with Gasteiger partial charge < -0.3 is 10.6 Å². The Balaban J connectivity index is 2.31. The Labute approximate surface area is 108 Å². The summed E-state index contributed by atoms with van der Waals surface area (Å²) in [5, 5.41) is 5.23. The third-order valence-electron chi connectivity index (χ3n) is 3.49. The Hall–Kier alpha value is -1.27. The highest BCUT2D eigenvalue weighted by atomic mass is 32.2. The molecule has 1 aliphatic rings.